The van der Waals surface area contributed by atoms with Gasteiger partial charge >= 0.3 is 0 Å². The number of hydrogen-bond acceptors (Lipinski definition) is 3. The molecule has 1 fully saturated rings. The number of rotatable bonds is 5. The second-order valence-electron chi connectivity index (χ2n) is 5.17. The Kier molecular flexibility index (Phi) is 5.67. The summed E-state index contributed by atoms with van der Waals surface area (Å²) in [5.41, 5.74) is 0. The molecular weight excluding hydrogens is 304 g/mol. The molecule has 1 aromatic rings. The van der Waals surface area contributed by atoms with Gasteiger partial charge in [-0.25, -0.2) is 0 Å². The van der Waals surface area contributed by atoms with Crippen LogP contribution in [0.15, 0.2) is 28.7 Å². The highest BCUT2D eigenvalue weighted by molar-refractivity contribution is 9.10. The van der Waals surface area contributed by atoms with E-state index >= 15 is 0 Å². The van der Waals surface area contributed by atoms with E-state index in [-0.39, 0.29) is 0 Å². The smallest absolute Gasteiger partial charge is 0.120 e. The van der Waals surface area contributed by atoms with Crippen LogP contribution in [0.1, 0.15) is 20.3 Å². The molecule has 1 aliphatic rings. The van der Waals surface area contributed by atoms with E-state index in [9.17, 15) is 0 Å². The van der Waals surface area contributed by atoms with E-state index in [2.05, 4.69) is 40.0 Å². The second-order valence-corrected chi connectivity index (χ2v) is 6.09. The topological polar surface area (TPSA) is 24.5 Å². The van der Waals surface area contributed by atoms with E-state index in [1.165, 1.54) is 6.42 Å². The summed E-state index contributed by atoms with van der Waals surface area (Å²) in [7, 11) is 0. The third kappa shape index (κ3) is 4.48. The van der Waals surface area contributed by atoms with E-state index in [4.69, 9.17) is 4.74 Å². The highest BCUT2D eigenvalue weighted by atomic mass is 79.9. The minimum absolute atomic E-state index is 0.577. The first-order chi connectivity index (χ1) is 9.19. The Balaban J connectivity index is 1.80. The maximum absolute atomic E-state index is 5.83. The summed E-state index contributed by atoms with van der Waals surface area (Å²) in [5.74, 6) is 0.936. The van der Waals surface area contributed by atoms with Crippen LogP contribution in [-0.4, -0.2) is 43.2 Å². The summed E-state index contributed by atoms with van der Waals surface area (Å²) in [5, 5.41) is 3.54. The molecule has 19 heavy (non-hydrogen) atoms. The van der Waals surface area contributed by atoms with Crippen LogP contribution in [0, 0.1) is 0 Å². The molecule has 0 saturated carbocycles. The van der Waals surface area contributed by atoms with Crippen molar-refractivity contribution in [3.63, 3.8) is 0 Å². The lowest BCUT2D eigenvalue weighted by Gasteiger charge is -2.38. The standard InChI is InChI=1S/C15H23BrN2O/c1-3-14-10-17-12(2)11-18(14)7-8-19-15-6-4-5-13(16)9-15/h4-6,9,12,14,17H,3,7-8,10-11H2,1-2H3. The molecule has 0 aliphatic carbocycles. The number of hydrogen-bond donors (Lipinski definition) is 1. The van der Waals surface area contributed by atoms with Gasteiger partial charge in [-0.2, -0.15) is 0 Å². The fourth-order valence-electron chi connectivity index (χ4n) is 2.55. The maximum Gasteiger partial charge on any atom is 0.120 e. The maximum atomic E-state index is 5.83. The van der Waals surface area contributed by atoms with Crippen molar-refractivity contribution < 1.29 is 4.74 Å². The molecule has 0 spiro atoms. The first-order valence-corrected chi connectivity index (χ1v) is 7.84. The molecule has 106 valence electrons. The summed E-state index contributed by atoms with van der Waals surface area (Å²) >= 11 is 3.46. The zero-order valence-electron chi connectivity index (χ0n) is 11.7. The molecule has 4 heteroatoms. The molecule has 2 rings (SSSR count). The van der Waals surface area contributed by atoms with Crippen LogP contribution in [0.3, 0.4) is 0 Å². The van der Waals surface area contributed by atoms with Crippen molar-refractivity contribution in [1.82, 2.24) is 10.2 Å². The summed E-state index contributed by atoms with van der Waals surface area (Å²) < 4.78 is 6.89. The average Bonchev–Trinajstić information content (AvgIpc) is 2.39. The van der Waals surface area contributed by atoms with Crippen LogP contribution in [0.4, 0.5) is 0 Å². The summed E-state index contributed by atoms with van der Waals surface area (Å²) in [6.07, 6.45) is 1.19. The SMILES string of the molecule is CCC1CNC(C)CN1CCOc1cccc(Br)c1. The molecule has 1 N–H and O–H groups in total. The van der Waals surface area contributed by atoms with Crippen LogP contribution in [0.2, 0.25) is 0 Å². The van der Waals surface area contributed by atoms with Gasteiger partial charge in [-0.1, -0.05) is 28.9 Å². The van der Waals surface area contributed by atoms with Crippen molar-refractivity contribution in [2.45, 2.75) is 32.4 Å². The predicted molar refractivity (Wildman–Crippen MR) is 82.8 cm³/mol. The molecule has 0 radical (unpaired) electrons. The lowest BCUT2D eigenvalue weighted by Crippen LogP contribution is -2.56. The zero-order chi connectivity index (χ0) is 13.7. The molecule has 2 unspecified atom stereocenters. The van der Waals surface area contributed by atoms with Gasteiger partial charge in [-0.3, -0.25) is 4.90 Å². The first-order valence-electron chi connectivity index (χ1n) is 7.05. The van der Waals surface area contributed by atoms with Gasteiger partial charge in [0.05, 0.1) is 0 Å². The lowest BCUT2D eigenvalue weighted by atomic mass is 10.1. The monoisotopic (exact) mass is 326 g/mol. The molecule has 1 saturated heterocycles. The molecule has 0 bridgehead atoms. The molecule has 2 atom stereocenters. The van der Waals surface area contributed by atoms with E-state index < -0.39 is 0 Å². The van der Waals surface area contributed by atoms with Crippen molar-refractivity contribution in [1.29, 1.82) is 0 Å². The van der Waals surface area contributed by atoms with Gasteiger partial charge in [-0.05, 0) is 31.5 Å². The number of halogens is 1. The van der Waals surface area contributed by atoms with Crippen molar-refractivity contribution >= 4 is 15.9 Å². The van der Waals surface area contributed by atoms with Crippen molar-refractivity contribution in [2.75, 3.05) is 26.2 Å². The van der Waals surface area contributed by atoms with Crippen LogP contribution in [0.5, 0.6) is 5.75 Å². The minimum atomic E-state index is 0.577. The Hall–Kier alpha value is -0.580. The van der Waals surface area contributed by atoms with Gasteiger partial charge < -0.3 is 10.1 Å². The number of piperazine rings is 1. The average molecular weight is 327 g/mol. The van der Waals surface area contributed by atoms with Crippen molar-refractivity contribution in [3.8, 4) is 5.75 Å². The van der Waals surface area contributed by atoms with Crippen LogP contribution < -0.4 is 10.1 Å². The second kappa shape index (κ2) is 7.27. The van der Waals surface area contributed by atoms with Gasteiger partial charge in [0.1, 0.15) is 12.4 Å². The van der Waals surface area contributed by atoms with Gasteiger partial charge in [0.15, 0.2) is 0 Å². The fourth-order valence-corrected chi connectivity index (χ4v) is 2.92. The molecule has 1 aromatic carbocycles. The van der Waals surface area contributed by atoms with Gasteiger partial charge in [0, 0.05) is 36.2 Å². The Morgan fingerprint density at radius 1 is 1.47 bits per heavy atom. The molecule has 0 aromatic heterocycles. The molecule has 1 heterocycles. The van der Waals surface area contributed by atoms with Gasteiger partial charge in [0.2, 0.25) is 0 Å². The number of ether oxygens (including phenoxy) is 1. The Morgan fingerprint density at radius 2 is 2.32 bits per heavy atom. The van der Waals surface area contributed by atoms with Gasteiger partial charge in [0.25, 0.3) is 0 Å². The van der Waals surface area contributed by atoms with E-state index in [1.807, 2.05) is 24.3 Å². The summed E-state index contributed by atoms with van der Waals surface area (Å²) in [6.45, 7) is 8.45. The molecule has 1 aliphatic heterocycles. The summed E-state index contributed by atoms with van der Waals surface area (Å²) in [4.78, 5) is 2.54. The lowest BCUT2D eigenvalue weighted by molar-refractivity contribution is 0.111. The van der Waals surface area contributed by atoms with E-state index in [0.717, 1.165) is 36.5 Å². The Morgan fingerprint density at radius 3 is 3.05 bits per heavy atom. The largest absolute Gasteiger partial charge is 0.492 e. The highest BCUT2D eigenvalue weighted by Gasteiger charge is 2.23. The minimum Gasteiger partial charge on any atom is -0.492 e. The predicted octanol–water partition coefficient (Wildman–Crippen LogP) is 2.90. The van der Waals surface area contributed by atoms with Crippen LogP contribution in [0.25, 0.3) is 0 Å². The molecule has 3 nitrogen and oxygen atoms in total. The Labute approximate surface area is 124 Å². The first kappa shape index (κ1) is 14.8. The highest BCUT2D eigenvalue weighted by Crippen LogP contribution is 2.18. The number of nitrogens with zero attached hydrogens (tertiary/aromatic N) is 1. The number of benzene rings is 1. The quantitative estimate of drug-likeness (QED) is 0.900. The van der Waals surface area contributed by atoms with Crippen molar-refractivity contribution in [2.24, 2.45) is 0 Å². The molecular formula is C15H23BrN2O. The Bertz CT molecular complexity index is 399. The van der Waals surface area contributed by atoms with E-state index in [0.29, 0.717) is 12.1 Å². The van der Waals surface area contributed by atoms with Crippen molar-refractivity contribution in [3.05, 3.63) is 28.7 Å². The zero-order valence-corrected chi connectivity index (χ0v) is 13.3. The summed E-state index contributed by atoms with van der Waals surface area (Å²) in [6, 6.07) is 9.25. The third-order valence-electron chi connectivity index (χ3n) is 3.64. The fraction of sp³-hybridized carbons (Fsp3) is 0.600. The van der Waals surface area contributed by atoms with Gasteiger partial charge in [-0.15, -0.1) is 0 Å². The van der Waals surface area contributed by atoms with Crippen LogP contribution >= 0.6 is 15.9 Å². The number of nitrogens with one attached hydrogen (secondary N) is 1. The normalized spacial score (nSPS) is 24.4. The van der Waals surface area contributed by atoms with E-state index in [1.54, 1.807) is 0 Å². The molecule has 0 amide bonds. The third-order valence-corrected chi connectivity index (χ3v) is 4.13. The van der Waals surface area contributed by atoms with Crippen LogP contribution in [-0.2, 0) is 0 Å².